The summed E-state index contributed by atoms with van der Waals surface area (Å²) in [5.74, 6) is 1.27. The molecule has 2 rings (SSSR count). The SMILES string of the molecule is CCCCc1ccc(Oc2nnc(C)c(C)c2CN)cc1. The summed E-state index contributed by atoms with van der Waals surface area (Å²) in [4.78, 5) is 0. The Labute approximate surface area is 126 Å². The van der Waals surface area contributed by atoms with Crippen LogP contribution in [0.25, 0.3) is 0 Å². The fourth-order valence-electron chi connectivity index (χ4n) is 2.17. The van der Waals surface area contributed by atoms with Gasteiger partial charge >= 0.3 is 0 Å². The number of ether oxygens (including phenoxy) is 1. The van der Waals surface area contributed by atoms with Crippen molar-refractivity contribution in [3.8, 4) is 11.6 Å². The predicted molar refractivity (Wildman–Crippen MR) is 84.5 cm³/mol. The number of hydrogen-bond acceptors (Lipinski definition) is 4. The zero-order valence-electron chi connectivity index (χ0n) is 13.0. The fourth-order valence-corrected chi connectivity index (χ4v) is 2.17. The van der Waals surface area contributed by atoms with E-state index in [2.05, 4.69) is 29.3 Å². The Morgan fingerprint density at radius 1 is 1.10 bits per heavy atom. The zero-order valence-corrected chi connectivity index (χ0v) is 13.0. The molecule has 0 spiro atoms. The number of aryl methyl sites for hydroxylation is 2. The fraction of sp³-hybridized carbons (Fsp3) is 0.412. The Morgan fingerprint density at radius 2 is 1.81 bits per heavy atom. The Balaban J connectivity index is 2.16. The van der Waals surface area contributed by atoms with Gasteiger partial charge in [0.25, 0.3) is 0 Å². The second-order valence-electron chi connectivity index (χ2n) is 5.25. The first-order chi connectivity index (χ1) is 10.2. The molecule has 0 atom stereocenters. The third-order valence-corrected chi connectivity index (χ3v) is 3.71. The van der Waals surface area contributed by atoms with E-state index in [1.54, 1.807) is 0 Å². The lowest BCUT2D eigenvalue weighted by atomic mass is 10.1. The maximum atomic E-state index is 5.84. The molecule has 0 bridgehead atoms. The molecule has 2 N–H and O–H groups in total. The van der Waals surface area contributed by atoms with Gasteiger partial charge in [-0.25, -0.2) is 0 Å². The third kappa shape index (κ3) is 3.79. The molecule has 21 heavy (non-hydrogen) atoms. The molecule has 0 amide bonds. The molecule has 4 nitrogen and oxygen atoms in total. The van der Waals surface area contributed by atoms with E-state index in [9.17, 15) is 0 Å². The maximum absolute atomic E-state index is 5.84. The van der Waals surface area contributed by atoms with Gasteiger partial charge in [0, 0.05) is 12.1 Å². The van der Waals surface area contributed by atoms with Crippen LogP contribution in [-0.4, -0.2) is 10.2 Å². The van der Waals surface area contributed by atoms with Crippen molar-refractivity contribution in [2.24, 2.45) is 5.73 Å². The van der Waals surface area contributed by atoms with Crippen LogP contribution in [0.2, 0.25) is 0 Å². The highest BCUT2D eigenvalue weighted by molar-refractivity contribution is 5.38. The summed E-state index contributed by atoms with van der Waals surface area (Å²) in [7, 11) is 0. The molecule has 0 aliphatic carbocycles. The Kier molecular flexibility index (Phi) is 5.28. The number of nitrogens with two attached hydrogens (primary N) is 1. The van der Waals surface area contributed by atoms with Crippen LogP contribution in [-0.2, 0) is 13.0 Å². The number of hydrogen-bond donors (Lipinski definition) is 1. The highest BCUT2D eigenvalue weighted by Crippen LogP contribution is 2.26. The van der Waals surface area contributed by atoms with Crippen LogP contribution in [0, 0.1) is 13.8 Å². The Morgan fingerprint density at radius 3 is 2.43 bits per heavy atom. The average molecular weight is 285 g/mol. The molecule has 4 heteroatoms. The van der Waals surface area contributed by atoms with Crippen molar-refractivity contribution in [3.05, 3.63) is 46.6 Å². The molecule has 112 valence electrons. The summed E-state index contributed by atoms with van der Waals surface area (Å²) in [6, 6.07) is 8.15. The second-order valence-corrected chi connectivity index (χ2v) is 5.25. The summed E-state index contributed by atoms with van der Waals surface area (Å²) in [6.07, 6.45) is 3.52. The molecule has 0 radical (unpaired) electrons. The van der Waals surface area contributed by atoms with Gasteiger partial charge in [-0.1, -0.05) is 25.5 Å². The van der Waals surface area contributed by atoms with Crippen LogP contribution >= 0.6 is 0 Å². The molecule has 0 aliphatic rings. The lowest BCUT2D eigenvalue weighted by molar-refractivity contribution is 0.446. The van der Waals surface area contributed by atoms with E-state index in [-0.39, 0.29) is 0 Å². The minimum atomic E-state index is 0.395. The predicted octanol–water partition coefficient (Wildman–Crippen LogP) is 3.69. The van der Waals surface area contributed by atoms with Crippen molar-refractivity contribution in [2.45, 2.75) is 46.6 Å². The zero-order chi connectivity index (χ0) is 15.2. The summed E-state index contributed by atoms with van der Waals surface area (Å²) in [6.45, 7) is 6.51. The van der Waals surface area contributed by atoms with Gasteiger partial charge in [0.05, 0.1) is 5.69 Å². The van der Waals surface area contributed by atoms with Crippen LogP contribution in [0.1, 0.15) is 42.1 Å². The van der Waals surface area contributed by atoms with Crippen LogP contribution in [0.4, 0.5) is 0 Å². The normalized spacial score (nSPS) is 10.7. The van der Waals surface area contributed by atoms with E-state index in [0.717, 1.165) is 29.0 Å². The lowest BCUT2D eigenvalue weighted by Crippen LogP contribution is -2.07. The van der Waals surface area contributed by atoms with Crippen molar-refractivity contribution < 1.29 is 4.74 Å². The molecule has 1 aromatic heterocycles. The van der Waals surface area contributed by atoms with Gasteiger partial charge in [-0.2, -0.15) is 5.10 Å². The van der Waals surface area contributed by atoms with Gasteiger partial charge in [0.2, 0.25) is 5.88 Å². The first-order valence-corrected chi connectivity index (χ1v) is 7.45. The quantitative estimate of drug-likeness (QED) is 0.879. The molecule has 1 heterocycles. The first-order valence-electron chi connectivity index (χ1n) is 7.45. The number of benzene rings is 1. The van der Waals surface area contributed by atoms with E-state index in [0.29, 0.717) is 12.4 Å². The summed E-state index contributed by atoms with van der Waals surface area (Å²) >= 11 is 0. The smallest absolute Gasteiger partial charge is 0.243 e. The van der Waals surface area contributed by atoms with Crippen LogP contribution in [0.5, 0.6) is 11.6 Å². The summed E-state index contributed by atoms with van der Waals surface area (Å²) in [5.41, 5.74) is 9.98. The highest BCUT2D eigenvalue weighted by Gasteiger charge is 2.11. The molecule has 1 aromatic carbocycles. The van der Waals surface area contributed by atoms with E-state index >= 15 is 0 Å². The number of rotatable bonds is 6. The third-order valence-electron chi connectivity index (χ3n) is 3.71. The van der Waals surface area contributed by atoms with Crippen molar-refractivity contribution in [3.63, 3.8) is 0 Å². The molecule has 0 saturated carbocycles. The first kappa shape index (κ1) is 15.4. The monoisotopic (exact) mass is 285 g/mol. The minimum Gasteiger partial charge on any atom is -0.437 e. The molecule has 2 aromatic rings. The van der Waals surface area contributed by atoms with Gasteiger partial charge < -0.3 is 10.5 Å². The van der Waals surface area contributed by atoms with Gasteiger partial charge in [-0.05, 0) is 49.9 Å². The van der Waals surface area contributed by atoms with Gasteiger partial charge in [-0.15, -0.1) is 5.10 Å². The average Bonchev–Trinajstić information content (AvgIpc) is 2.50. The van der Waals surface area contributed by atoms with Crippen molar-refractivity contribution in [1.29, 1.82) is 0 Å². The lowest BCUT2D eigenvalue weighted by Gasteiger charge is -2.12. The van der Waals surface area contributed by atoms with Crippen molar-refractivity contribution >= 4 is 0 Å². The minimum absolute atomic E-state index is 0.395. The van der Waals surface area contributed by atoms with Crippen LogP contribution < -0.4 is 10.5 Å². The second kappa shape index (κ2) is 7.18. The van der Waals surface area contributed by atoms with Gasteiger partial charge in [0.1, 0.15) is 5.75 Å². The topological polar surface area (TPSA) is 61.0 Å². The number of nitrogens with zero attached hydrogens (tertiary/aromatic N) is 2. The van der Waals surface area contributed by atoms with Gasteiger partial charge in [-0.3, -0.25) is 0 Å². The Hall–Kier alpha value is -1.94. The number of unbranched alkanes of at least 4 members (excludes halogenated alkanes) is 1. The summed E-state index contributed by atoms with van der Waals surface area (Å²) in [5, 5.41) is 8.24. The maximum Gasteiger partial charge on any atom is 0.243 e. The van der Waals surface area contributed by atoms with E-state index in [1.807, 2.05) is 26.0 Å². The van der Waals surface area contributed by atoms with Crippen LogP contribution in [0.3, 0.4) is 0 Å². The molecular weight excluding hydrogens is 262 g/mol. The standard InChI is InChI=1S/C17H23N3O/c1-4-5-6-14-7-9-15(10-8-14)21-17-16(11-18)12(2)13(3)19-20-17/h7-10H,4-6,11,18H2,1-3H3. The number of aromatic nitrogens is 2. The Bertz CT molecular complexity index is 594. The van der Waals surface area contributed by atoms with E-state index < -0.39 is 0 Å². The molecule has 0 unspecified atom stereocenters. The summed E-state index contributed by atoms with van der Waals surface area (Å²) < 4.78 is 5.84. The van der Waals surface area contributed by atoms with E-state index in [4.69, 9.17) is 10.5 Å². The van der Waals surface area contributed by atoms with Crippen molar-refractivity contribution in [2.75, 3.05) is 0 Å². The molecular formula is C17H23N3O. The highest BCUT2D eigenvalue weighted by atomic mass is 16.5. The van der Waals surface area contributed by atoms with E-state index in [1.165, 1.54) is 18.4 Å². The van der Waals surface area contributed by atoms with Crippen molar-refractivity contribution in [1.82, 2.24) is 10.2 Å². The van der Waals surface area contributed by atoms with Gasteiger partial charge in [0.15, 0.2) is 0 Å². The molecule has 0 aliphatic heterocycles. The largest absolute Gasteiger partial charge is 0.437 e. The molecule has 0 saturated heterocycles. The van der Waals surface area contributed by atoms with Crippen LogP contribution in [0.15, 0.2) is 24.3 Å². The molecule has 0 fully saturated rings.